The van der Waals surface area contributed by atoms with Gasteiger partial charge in [0.1, 0.15) is 5.52 Å². The van der Waals surface area contributed by atoms with Crippen molar-refractivity contribution in [2.24, 2.45) is 14.1 Å². The van der Waals surface area contributed by atoms with E-state index in [0.29, 0.717) is 18.0 Å². The van der Waals surface area contributed by atoms with Gasteiger partial charge in [0.25, 0.3) is 0 Å². The maximum Gasteiger partial charge on any atom is 0.229 e. The lowest BCUT2D eigenvalue weighted by atomic mass is 9.90. The highest BCUT2D eigenvalue weighted by Gasteiger charge is 2.27. The molecule has 1 aliphatic heterocycles. The lowest BCUT2D eigenvalue weighted by Gasteiger charge is -2.39. The first-order valence-electron chi connectivity index (χ1n) is 10.8. The fraction of sp³-hybridized carbons (Fsp3) is 0.571. The zero-order chi connectivity index (χ0) is 20.5. The Hall–Kier alpha value is -2.65. The number of hydrogen-bond acceptors (Lipinski definition) is 7. The summed E-state index contributed by atoms with van der Waals surface area (Å²) in [7, 11) is 3.94. The van der Waals surface area contributed by atoms with Crippen LogP contribution >= 0.6 is 0 Å². The monoisotopic (exact) mass is 410 g/mol. The van der Waals surface area contributed by atoms with Gasteiger partial charge in [-0.3, -0.25) is 9.58 Å². The summed E-state index contributed by atoms with van der Waals surface area (Å²) in [5, 5.41) is 11.2. The predicted octanol–water partition coefficient (Wildman–Crippen LogP) is 2.50. The van der Waals surface area contributed by atoms with Crippen molar-refractivity contribution >= 4 is 28.5 Å². The Morgan fingerprint density at radius 3 is 2.60 bits per heavy atom. The summed E-state index contributed by atoms with van der Waals surface area (Å²) in [4.78, 5) is 12.1. The number of nitrogens with one attached hydrogen (secondary N) is 2. The molecule has 5 rings (SSSR count). The molecule has 3 aromatic heterocycles. The molecular weight excluding hydrogens is 380 g/mol. The quantitative estimate of drug-likeness (QED) is 0.668. The third-order valence-corrected chi connectivity index (χ3v) is 6.28. The van der Waals surface area contributed by atoms with Crippen LogP contribution in [0, 0.1) is 0 Å². The Balaban J connectivity index is 1.31. The number of ether oxygens (including phenoxy) is 1. The van der Waals surface area contributed by atoms with Crippen molar-refractivity contribution in [1.29, 1.82) is 0 Å². The first-order chi connectivity index (χ1) is 14.7. The number of morpholine rings is 1. The fourth-order valence-electron chi connectivity index (χ4n) is 4.69. The molecule has 9 nitrogen and oxygen atoms in total. The van der Waals surface area contributed by atoms with Crippen LogP contribution < -0.4 is 10.6 Å². The maximum absolute atomic E-state index is 5.51. The Bertz CT molecular complexity index is 998. The van der Waals surface area contributed by atoms with Crippen LogP contribution in [0.1, 0.15) is 25.7 Å². The van der Waals surface area contributed by atoms with E-state index >= 15 is 0 Å². The molecule has 2 aliphatic rings. The molecule has 0 amide bonds. The van der Waals surface area contributed by atoms with Crippen LogP contribution in [0.2, 0.25) is 0 Å². The number of nitrogens with zero attached hydrogens (tertiary/aromatic N) is 6. The van der Waals surface area contributed by atoms with E-state index in [1.165, 1.54) is 12.8 Å². The molecule has 1 saturated carbocycles. The third kappa shape index (κ3) is 3.99. The minimum Gasteiger partial charge on any atom is -0.379 e. The lowest BCUT2D eigenvalue weighted by Crippen LogP contribution is -2.46. The van der Waals surface area contributed by atoms with Crippen molar-refractivity contribution in [3.8, 4) is 0 Å². The fourth-order valence-corrected chi connectivity index (χ4v) is 4.69. The van der Waals surface area contributed by atoms with E-state index in [0.717, 1.165) is 61.7 Å². The number of aromatic nitrogens is 5. The average Bonchev–Trinajstić information content (AvgIpc) is 3.34. The van der Waals surface area contributed by atoms with Crippen molar-refractivity contribution in [2.75, 3.05) is 36.9 Å². The van der Waals surface area contributed by atoms with Crippen molar-refractivity contribution in [3.63, 3.8) is 0 Å². The molecular formula is C21H30N8O. The van der Waals surface area contributed by atoms with Gasteiger partial charge in [0.15, 0.2) is 5.82 Å². The minimum absolute atomic E-state index is 0.432. The molecule has 1 aliphatic carbocycles. The summed E-state index contributed by atoms with van der Waals surface area (Å²) >= 11 is 0. The van der Waals surface area contributed by atoms with Crippen LogP contribution in [0.15, 0.2) is 24.7 Å². The molecule has 0 atom stereocenters. The van der Waals surface area contributed by atoms with Crippen LogP contribution in [0.3, 0.4) is 0 Å². The number of fused-ring (bicyclic) bond motifs is 1. The largest absolute Gasteiger partial charge is 0.379 e. The molecule has 160 valence electrons. The van der Waals surface area contributed by atoms with E-state index in [1.54, 1.807) is 10.9 Å². The van der Waals surface area contributed by atoms with Crippen molar-refractivity contribution < 1.29 is 4.74 Å². The third-order valence-electron chi connectivity index (χ3n) is 6.28. The standard InChI is InChI=1S/C21H30N8O/c1-27-8-7-18-19(27)20(26-21(25-18)24-16-13-22-28(2)14-16)23-15-3-5-17(6-4-15)29-9-11-30-12-10-29/h7-8,13-15,17H,3-6,9-12H2,1-2H3,(H2,23,24,25,26). The average molecular weight is 411 g/mol. The molecule has 0 spiro atoms. The van der Waals surface area contributed by atoms with E-state index in [-0.39, 0.29) is 0 Å². The van der Waals surface area contributed by atoms with Crippen LogP contribution in [0.4, 0.5) is 17.5 Å². The Morgan fingerprint density at radius 2 is 1.87 bits per heavy atom. The lowest BCUT2D eigenvalue weighted by molar-refractivity contribution is 0.00791. The van der Waals surface area contributed by atoms with Gasteiger partial charge in [-0.15, -0.1) is 0 Å². The smallest absolute Gasteiger partial charge is 0.229 e. The summed E-state index contributed by atoms with van der Waals surface area (Å²) in [6.45, 7) is 3.89. The van der Waals surface area contributed by atoms with E-state index in [4.69, 9.17) is 9.72 Å². The van der Waals surface area contributed by atoms with Crippen molar-refractivity contribution in [3.05, 3.63) is 24.7 Å². The van der Waals surface area contributed by atoms with Crippen LogP contribution in [-0.4, -0.2) is 67.6 Å². The van der Waals surface area contributed by atoms with E-state index < -0.39 is 0 Å². The van der Waals surface area contributed by atoms with Gasteiger partial charge < -0.3 is 19.9 Å². The van der Waals surface area contributed by atoms with E-state index in [1.807, 2.05) is 32.6 Å². The molecule has 9 heteroatoms. The summed E-state index contributed by atoms with van der Waals surface area (Å²) in [5.41, 5.74) is 2.86. The highest BCUT2D eigenvalue weighted by Crippen LogP contribution is 2.29. The molecule has 2 fully saturated rings. The Labute approximate surface area is 176 Å². The second-order valence-corrected chi connectivity index (χ2v) is 8.38. The number of rotatable bonds is 5. The first-order valence-corrected chi connectivity index (χ1v) is 10.8. The highest BCUT2D eigenvalue weighted by atomic mass is 16.5. The number of anilines is 3. The van der Waals surface area contributed by atoms with Crippen LogP contribution in [0.5, 0.6) is 0 Å². The zero-order valence-corrected chi connectivity index (χ0v) is 17.7. The van der Waals surface area contributed by atoms with Gasteiger partial charge in [0.2, 0.25) is 5.95 Å². The molecule has 0 bridgehead atoms. The Morgan fingerprint density at radius 1 is 1.07 bits per heavy atom. The maximum atomic E-state index is 5.51. The second-order valence-electron chi connectivity index (χ2n) is 8.38. The SMILES string of the molecule is Cn1cc(Nc2nc(NC3CCC(N4CCOCC4)CC3)c3c(ccn3C)n2)cn1. The molecule has 30 heavy (non-hydrogen) atoms. The molecule has 0 radical (unpaired) electrons. The van der Waals surface area contributed by atoms with Gasteiger partial charge in [-0.05, 0) is 31.7 Å². The van der Waals surface area contributed by atoms with E-state index in [9.17, 15) is 0 Å². The highest BCUT2D eigenvalue weighted by molar-refractivity contribution is 5.88. The molecule has 1 saturated heterocycles. The molecule has 3 aromatic rings. The number of hydrogen-bond donors (Lipinski definition) is 2. The molecule has 4 heterocycles. The summed E-state index contributed by atoms with van der Waals surface area (Å²) in [5.74, 6) is 1.49. The van der Waals surface area contributed by atoms with Gasteiger partial charge in [0.05, 0.1) is 30.6 Å². The molecule has 2 N–H and O–H groups in total. The van der Waals surface area contributed by atoms with Gasteiger partial charge >= 0.3 is 0 Å². The first kappa shape index (κ1) is 19.3. The van der Waals surface area contributed by atoms with Gasteiger partial charge in [-0.25, -0.2) is 4.98 Å². The van der Waals surface area contributed by atoms with Crippen LogP contribution in [-0.2, 0) is 18.8 Å². The summed E-state index contributed by atoms with van der Waals surface area (Å²) in [6, 6.07) is 3.16. The summed E-state index contributed by atoms with van der Waals surface area (Å²) in [6.07, 6.45) is 10.5. The molecule has 0 aromatic carbocycles. The van der Waals surface area contributed by atoms with Gasteiger partial charge in [0, 0.05) is 51.7 Å². The van der Waals surface area contributed by atoms with Gasteiger partial charge in [-0.2, -0.15) is 10.1 Å². The Kier molecular flexibility index (Phi) is 5.30. The number of aryl methyl sites for hydroxylation is 2. The normalized spacial score (nSPS) is 23.0. The zero-order valence-electron chi connectivity index (χ0n) is 17.7. The van der Waals surface area contributed by atoms with Crippen molar-refractivity contribution in [1.82, 2.24) is 29.2 Å². The minimum atomic E-state index is 0.432. The second kappa shape index (κ2) is 8.23. The van der Waals surface area contributed by atoms with Crippen molar-refractivity contribution in [2.45, 2.75) is 37.8 Å². The topological polar surface area (TPSA) is 85.1 Å². The van der Waals surface area contributed by atoms with E-state index in [2.05, 4.69) is 30.2 Å². The van der Waals surface area contributed by atoms with Crippen LogP contribution in [0.25, 0.3) is 11.0 Å². The summed E-state index contributed by atoms with van der Waals surface area (Å²) < 4.78 is 9.36. The molecule has 0 unspecified atom stereocenters. The predicted molar refractivity (Wildman–Crippen MR) is 117 cm³/mol. The van der Waals surface area contributed by atoms with Gasteiger partial charge in [-0.1, -0.05) is 0 Å².